The molecule has 0 aliphatic heterocycles. The molecule has 0 radical (unpaired) electrons. The van der Waals surface area contributed by atoms with Crippen molar-refractivity contribution in [3.63, 3.8) is 0 Å². The van der Waals surface area contributed by atoms with Gasteiger partial charge in [0.15, 0.2) is 0 Å². The van der Waals surface area contributed by atoms with Gasteiger partial charge in [-0.25, -0.2) is 13.1 Å². The van der Waals surface area contributed by atoms with E-state index in [0.717, 1.165) is 0 Å². The average molecular weight is 298 g/mol. The van der Waals surface area contributed by atoms with E-state index in [1.54, 1.807) is 26.2 Å². The Morgan fingerprint density at radius 3 is 2.70 bits per heavy atom. The predicted molar refractivity (Wildman–Crippen MR) is 73.8 cm³/mol. The first-order chi connectivity index (χ1) is 9.35. The number of amides is 1. The van der Waals surface area contributed by atoms with Crippen LogP contribution in [-0.4, -0.2) is 51.1 Å². The molecule has 1 aliphatic carbocycles. The zero-order valence-corrected chi connectivity index (χ0v) is 12.2. The van der Waals surface area contributed by atoms with E-state index in [1.165, 1.54) is 17.0 Å². The number of nitrogens with one attached hydrogen (secondary N) is 1. The summed E-state index contributed by atoms with van der Waals surface area (Å²) in [7, 11) is -0.436. The summed E-state index contributed by atoms with van der Waals surface area (Å²) in [6.45, 7) is -0.0215. The van der Waals surface area contributed by atoms with Crippen molar-refractivity contribution in [3.8, 4) is 0 Å². The van der Waals surface area contributed by atoms with Gasteiger partial charge in [-0.2, -0.15) is 0 Å². The molecule has 2 rings (SSSR count). The first kappa shape index (κ1) is 15.0. The predicted octanol–water partition coefficient (Wildman–Crippen LogP) is 0.0475. The summed E-state index contributed by atoms with van der Waals surface area (Å²) in [5.74, 6) is -0.252. The highest BCUT2D eigenvalue weighted by molar-refractivity contribution is 7.89. The van der Waals surface area contributed by atoms with E-state index in [-0.39, 0.29) is 29.4 Å². The molecule has 2 N–H and O–H groups in total. The minimum atomic E-state index is -3.65. The van der Waals surface area contributed by atoms with Crippen molar-refractivity contribution in [1.82, 2.24) is 9.62 Å². The Labute approximate surface area is 118 Å². The number of aliphatic hydroxyl groups is 1. The molecule has 0 unspecified atom stereocenters. The Morgan fingerprint density at radius 2 is 2.15 bits per heavy atom. The second-order valence-electron chi connectivity index (χ2n) is 5.13. The lowest BCUT2D eigenvalue weighted by molar-refractivity contribution is 0.0827. The van der Waals surface area contributed by atoms with Gasteiger partial charge in [-0.3, -0.25) is 4.79 Å². The van der Waals surface area contributed by atoms with Crippen LogP contribution < -0.4 is 4.72 Å². The van der Waals surface area contributed by atoms with Crippen LogP contribution in [0.5, 0.6) is 0 Å². The number of carbonyl (C=O) groups is 1. The Morgan fingerprint density at radius 1 is 1.45 bits per heavy atom. The van der Waals surface area contributed by atoms with Crippen molar-refractivity contribution in [2.75, 3.05) is 20.7 Å². The van der Waals surface area contributed by atoms with Gasteiger partial charge >= 0.3 is 0 Å². The van der Waals surface area contributed by atoms with E-state index in [4.69, 9.17) is 5.11 Å². The van der Waals surface area contributed by atoms with Crippen LogP contribution in [0.4, 0.5) is 0 Å². The smallest absolute Gasteiger partial charge is 0.253 e. The van der Waals surface area contributed by atoms with Gasteiger partial charge in [-0.1, -0.05) is 6.07 Å². The molecule has 1 aromatic rings. The fraction of sp³-hybridized carbons (Fsp3) is 0.462. The number of nitrogens with zero attached hydrogens (tertiary/aromatic N) is 1. The van der Waals surface area contributed by atoms with Crippen molar-refractivity contribution in [2.45, 2.75) is 17.4 Å². The lowest BCUT2D eigenvalue weighted by Gasteiger charge is -2.11. The Kier molecular flexibility index (Phi) is 4.12. The van der Waals surface area contributed by atoms with Crippen molar-refractivity contribution < 1.29 is 18.3 Å². The largest absolute Gasteiger partial charge is 0.396 e. The summed E-state index contributed by atoms with van der Waals surface area (Å²) in [6, 6.07) is 5.72. The molecule has 1 aliphatic rings. The van der Waals surface area contributed by atoms with Gasteiger partial charge in [0.05, 0.1) is 4.90 Å². The first-order valence-electron chi connectivity index (χ1n) is 6.30. The van der Waals surface area contributed by atoms with Gasteiger partial charge in [-0.15, -0.1) is 0 Å². The maximum Gasteiger partial charge on any atom is 0.253 e. The molecule has 1 saturated carbocycles. The summed E-state index contributed by atoms with van der Waals surface area (Å²) >= 11 is 0. The minimum absolute atomic E-state index is 0.00337. The zero-order valence-electron chi connectivity index (χ0n) is 11.4. The van der Waals surface area contributed by atoms with E-state index in [1.807, 2.05) is 0 Å². The van der Waals surface area contributed by atoms with E-state index in [2.05, 4.69) is 4.72 Å². The summed E-state index contributed by atoms with van der Waals surface area (Å²) in [6.07, 6.45) is 0.645. The summed E-state index contributed by atoms with van der Waals surface area (Å²) in [4.78, 5) is 13.3. The van der Waals surface area contributed by atoms with Gasteiger partial charge in [0.25, 0.3) is 5.91 Å². The molecular formula is C13H18N2O4S. The normalized spacial score (nSPS) is 21.6. The lowest BCUT2D eigenvalue weighted by Crippen LogP contribution is -2.28. The maximum atomic E-state index is 12.2. The van der Waals surface area contributed by atoms with E-state index < -0.39 is 10.0 Å². The number of aliphatic hydroxyl groups excluding tert-OH is 1. The highest BCUT2D eigenvalue weighted by Crippen LogP contribution is 2.31. The molecule has 110 valence electrons. The zero-order chi connectivity index (χ0) is 14.9. The van der Waals surface area contributed by atoms with Gasteiger partial charge < -0.3 is 10.0 Å². The van der Waals surface area contributed by atoms with Crippen LogP contribution in [0.1, 0.15) is 16.8 Å². The van der Waals surface area contributed by atoms with Crippen molar-refractivity contribution in [3.05, 3.63) is 29.8 Å². The Hall–Kier alpha value is -1.44. The SMILES string of the molecule is CN(C)C(=O)c1cccc(S(=O)(=O)N[C@@H]2C[C@@H]2CO)c1. The third-order valence-electron chi connectivity index (χ3n) is 3.26. The van der Waals surface area contributed by atoms with E-state index in [9.17, 15) is 13.2 Å². The maximum absolute atomic E-state index is 12.2. The molecule has 2 atom stereocenters. The molecule has 7 heteroatoms. The van der Waals surface area contributed by atoms with Crippen LogP contribution in [0, 0.1) is 5.92 Å². The van der Waals surface area contributed by atoms with Crippen LogP contribution >= 0.6 is 0 Å². The van der Waals surface area contributed by atoms with Crippen LogP contribution in [0.2, 0.25) is 0 Å². The first-order valence-corrected chi connectivity index (χ1v) is 7.78. The summed E-state index contributed by atoms with van der Waals surface area (Å²) in [5.41, 5.74) is 0.326. The molecule has 0 bridgehead atoms. The van der Waals surface area contributed by atoms with Gasteiger partial charge in [0, 0.05) is 32.3 Å². The molecule has 1 aromatic carbocycles. The van der Waals surface area contributed by atoms with Crippen molar-refractivity contribution >= 4 is 15.9 Å². The van der Waals surface area contributed by atoms with Crippen LogP contribution in [-0.2, 0) is 10.0 Å². The number of sulfonamides is 1. The average Bonchev–Trinajstić information content (AvgIpc) is 3.15. The number of benzene rings is 1. The van der Waals surface area contributed by atoms with E-state index >= 15 is 0 Å². The molecule has 6 nitrogen and oxygen atoms in total. The van der Waals surface area contributed by atoms with Crippen molar-refractivity contribution in [1.29, 1.82) is 0 Å². The summed E-state index contributed by atoms with van der Waals surface area (Å²) < 4.78 is 26.9. The Balaban J connectivity index is 2.20. The third kappa shape index (κ3) is 3.17. The molecule has 0 aromatic heterocycles. The van der Waals surface area contributed by atoms with Gasteiger partial charge in [-0.05, 0) is 30.5 Å². The number of rotatable bonds is 5. The topological polar surface area (TPSA) is 86.7 Å². The van der Waals surface area contributed by atoms with Crippen LogP contribution in [0.3, 0.4) is 0 Å². The van der Waals surface area contributed by atoms with Gasteiger partial charge in [0.2, 0.25) is 10.0 Å². The number of hydrogen-bond donors (Lipinski definition) is 2. The monoisotopic (exact) mass is 298 g/mol. The highest BCUT2D eigenvalue weighted by atomic mass is 32.2. The van der Waals surface area contributed by atoms with E-state index in [0.29, 0.717) is 12.0 Å². The fourth-order valence-corrected chi connectivity index (χ4v) is 3.28. The standard InChI is InChI=1S/C13H18N2O4S/c1-15(2)13(17)9-4-3-5-11(6-9)20(18,19)14-12-7-10(12)8-16/h3-6,10,12,14,16H,7-8H2,1-2H3/t10-,12-/m1/s1. The van der Waals surface area contributed by atoms with Gasteiger partial charge in [0.1, 0.15) is 0 Å². The van der Waals surface area contributed by atoms with Crippen LogP contribution in [0.25, 0.3) is 0 Å². The molecule has 0 saturated heterocycles. The fourth-order valence-electron chi connectivity index (χ4n) is 1.92. The second-order valence-corrected chi connectivity index (χ2v) is 6.85. The molecule has 0 spiro atoms. The van der Waals surface area contributed by atoms with Crippen molar-refractivity contribution in [2.24, 2.45) is 5.92 Å². The number of hydrogen-bond acceptors (Lipinski definition) is 4. The molecule has 1 amide bonds. The quantitative estimate of drug-likeness (QED) is 0.804. The summed E-state index contributed by atoms with van der Waals surface area (Å²) in [5, 5.41) is 8.94. The minimum Gasteiger partial charge on any atom is -0.396 e. The number of carbonyl (C=O) groups excluding carboxylic acids is 1. The lowest BCUT2D eigenvalue weighted by atomic mass is 10.2. The molecular weight excluding hydrogens is 280 g/mol. The second kappa shape index (κ2) is 5.51. The molecule has 0 heterocycles. The Bertz CT molecular complexity index is 613. The highest BCUT2D eigenvalue weighted by Gasteiger charge is 2.39. The molecule has 1 fully saturated rings. The van der Waals surface area contributed by atoms with Crippen LogP contribution in [0.15, 0.2) is 29.2 Å². The molecule has 20 heavy (non-hydrogen) atoms. The third-order valence-corrected chi connectivity index (χ3v) is 4.75.